The van der Waals surface area contributed by atoms with Crippen LogP contribution in [-0.2, 0) is 5.41 Å². The molecule has 252 valence electrons. The van der Waals surface area contributed by atoms with Crippen LogP contribution in [-0.4, -0.2) is 12.6 Å². The Labute approximate surface area is 312 Å². The van der Waals surface area contributed by atoms with E-state index >= 15 is 0 Å². The van der Waals surface area contributed by atoms with Gasteiger partial charge in [-0.2, -0.15) is 0 Å². The molecule has 0 radical (unpaired) electrons. The van der Waals surface area contributed by atoms with Crippen molar-refractivity contribution in [2.75, 3.05) is 0 Å². The average molecular weight is 694 g/mol. The first kappa shape index (κ1) is 31.5. The number of para-hydroxylation sites is 2. The molecule has 1 aliphatic rings. The SMILES string of the molecule is CC1(C)c2cc(-c3ccc4c(c3)c3ccccc3n4-c3ccccc3)ccc2-c2ccc([Si](c3ccccc3)(c3ccccc3)c3ccccc3)cc21. The van der Waals surface area contributed by atoms with Crippen molar-refractivity contribution < 1.29 is 0 Å². The van der Waals surface area contributed by atoms with Crippen LogP contribution in [0.5, 0.6) is 0 Å². The molecule has 0 spiro atoms. The maximum atomic E-state index is 2.57. The molecule has 0 saturated carbocycles. The van der Waals surface area contributed by atoms with Crippen LogP contribution in [0.4, 0.5) is 0 Å². The highest BCUT2D eigenvalue weighted by Crippen LogP contribution is 2.49. The van der Waals surface area contributed by atoms with Crippen molar-refractivity contribution in [3.05, 3.63) is 211 Å². The Morgan fingerprint density at radius 1 is 0.377 bits per heavy atom. The van der Waals surface area contributed by atoms with Crippen molar-refractivity contribution in [1.82, 2.24) is 4.57 Å². The highest BCUT2D eigenvalue weighted by atomic mass is 28.3. The van der Waals surface area contributed by atoms with Crippen LogP contribution in [0.15, 0.2) is 200 Å². The molecule has 0 aliphatic heterocycles. The van der Waals surface area contributed by atoms with Crippen LogP contribution in [0.3, 0.4) is 0 Å². The first-order valence-corrected chi connectivity index (χ1v) is 20.6. The van der Waals surface area contributed by atoms with Gasteiger partial charge >= 0.3 is 0 Å². The van der Waals surface area contributed by atoms with Crippen molar-refractivity contribution in [2.45, 2.75) is 19.3 Å². The van der Waals surface area contributed by atoms with Crippen LogP contribution in [0, 0.1) is 0 Å². The van der Waals surface area contributed by atoms with Crippen LogP contribution in [0.1, 0.15) is 25.0 Å². The largest absolute Gasteiger partial charge is 0.309 e. The highest BCUT2D eigenvalue weighted by molar-refractivity contribution is 7.19. The molecule has 0 saturated heterocycles. The normalized spacial score (nSPS) is 13.2. The lowest BCUT2D eigenvalue weighted by Gasteiger charge is -2.35. The molecule has 0 fully saturated rings. The number of hydrogen-bond acceptors (Lipinski definition) is 0. The highest BCUT2D eigenvalue weighted by Gasteiger charge is 2.44. The third kappa shape index (κ3) is 4.76. The van der Waals surface area contributed by atoms with Gasteiger partial charge in [-0.1, -0.05) is 178 Å². The van der Waals surface area contributed by atoms with Gasteiger partial charge < -0.3 is 4.57 Å². The maximum Gasteiger partial charge on any atom is 0.179 e. The quantitative estimate of drug-likeness (QED) is 0.121. The number of aromatic nitrogens is 1. The van der Waals surface area contributed by atoms with Gasteiger partial charge in [0.05, 0.1) is 11.0 Å². The predicted molar refractivity (Wildman–Crippen MR) is 227 cm³/mol. The van der Waals surface area contributed by atoms with Gasteiger partial charge in [0.2, 0.25) is 0 Å². The fourth-order valence-electron chi connectivity index (χ4n) is 9.22. The zero-order valence-electron chi connectivity index (χ0n) is 30.0. The van der Waals surface area contributed by atoms with E-state index < -0.39 is 8.07 Å². The molecule has 0 unspecified atom stereocenters. The molecule has 1 nitrogen and oxygen atoms in total. The van der Waals surface area contributed by atoms with Gasteiger partial charge in [0.15, 0.2) is 8.07 Å². The standard InChI is InChI=1S/C51H39NSi/c1-51(2)47-34-37(36-28-32-50-46(33-36)45-25-15-16-26-49(45)52(50)38-17-7-3-8-18-38)27-30-43(47)44-31-29-42(35-48(44)51)53(39-19-9-4-10-20-39,40-21-11-5-12-22-40)41-23-13-6-14-24-41/h3-35H,1-2H3. The van der Waals surface area contributed by atoms with Crippen LogP contribution >= 0.6 is 0 Å². The monoisotopic (exact) mass is 693 g/mol. The molecule has 2 heteroatoms. The second kappa shape index (κ2) is 12.2. The summed E-state index contributed by atoms with van der Waals surface area (Å²) in [5.41, 5.74) is 11.4. The molecule has 10 rings (SSSR count). The van der Waals surface area contributed by atoms with E-state index in [2.05, 4.69) is 219 Å². The van der Waals surface area contributed by atoms with Gasteiger partial charge in [0.1, 0.15) is 0 Å². The molecule has 0 bridgehead atoms. The summed E-state index contributed by atoms with van der Waals surface area (Å²) in [4.78, 5) is 0. The molecule has 8 aromatic carbocycles. The van der Waals surface area contributed by atoms with E-state index in [1.165, 1.54) is 81.6 Å². The molecule has 0 atom stereocenters. The molecule has 1 heterocycles. The minimum Gasteiger partial charge on any atom is -0.309 e. The van der Waals surface area contributed by atoms with E-state index in [1.54, 1.807) is 0 Å². The van der Waals surface area contributed by atoms with Crippen molar-refractivity contribution in [2.24, 2.45) is 0 Å². The third-order valence-electron chi connectivity index (χ3n) is 11.7. The van der Waals surface area contributed by atoms with Crippen LogP contribution in [0.25, 0.3) is 49.7 Å². The lowest BCUT2D eigenvalue weighted by molar-refractivity contribution is 0.661. The van der Waals surface area contributed by atoms with E-state index in [9.17, 15) is 0 Å². The summed E-state index contributed by atoms with van der Waals surface area (Å²) in [7, 11) is -2.65. The zero-order chi connectivity index (χ0) is 35.6. The number of fused-ring (bicyclic) bond motifs is 6. The van der Waals surface area contributed by atoms with E-state index in [1.807, 2.05) is 0 Å². The Morgan fingerprint density at radius 2 is 0.849 bits per heavy atom. The first-order chi connectivity index (χ1) is 26.0. The van der Waals surface area contributed by atoms with E-state index in [0.717, 1.165) is 0 Å². The van der Waals surface area contributed by atoms with Gasteiger partial charge in [-0.05, 0) is 90.5 Å². The van der Waals surface area contributed by atoms with Crippen LogP contribution in [0.2, 0.25) is 0 Å². The first-order valence-electron chi connectivity index (χ1n) is 18.6. The molecule has 1 aromatic heterocycles. The van der Waals surface area contributed by atoms with Crippen LogP contribution < -0.4 is 20.7 Å². The average Bonchev–Trinajstić information content (AvgIpc) is 3.67. The summed E-state index contributed by atoms with van der Waals surface area (Å²) in [5, 5.41) is 8.17. The summed E-state index contributed by atoms with van der Waals surface area (Å²) in [6.07, 6.45) is 0. The summed E-state index contributed by atoms with van der Waals surface area (Å²) < 4.78 is 2.39. The Morgan fingerprint density at radius 3 is 1.47 bits per heavy atom. The minimum atomic E-state index is -2.65. The smallest absolute Gasteiger partial charge is 0.179 e. The zero-order valence-corrected chi connectivity index (χ0v) is 31.0. The van der Waals surface area contributed by atoms with Gasteiger partial charge in [0, 0.05) is 21.9 Å². The van der Waals surface area contributed by atoms with Gasteiger partial charge in [-0.3, -0.25) is 0 Å². The fraction of sp³-hybridized carbons (Fsp3) is 0.0588. The Bertz CT molecular complexity index is 2680. The number of nitrogens with zero attached hydrogens (tertiary/aromatic N) is 1. The number of rotatable bonds is 6. The van der Waals surface area contributed by atoms with Gasteiger partial charge in [-0.25, -0.2) is 0 Å². The van der Waals surface area contributed by atoms with Crippen molar-refractivity contribution in [3.8, 4) is 27.9 Å². The molecule has 1 aliphatic carbocycles. The lowest BCUT2D eigenvalue weighted by atomic mass is 9.81. The Kier molecular flexibility index (Phi) is 7.25. The number of hydrogen-bond donors (Lipinski definition) is 0. The molecular weight excluding hydrogens is 655 g/mol. The molecular formula is C51H39NSi. The molecule has 0 amide bonds. The van der Waals surface area contributed by atoms with Crippen molar-refractivity contribution >= 4 is 50.6 Å². The number of benzene rings is 8. The predicted octanol–water partition coefficient (Wildman–Crippen LogP) is 10.1. The molecule has 9 aromatic rings. The fourth-order valence-corrected chi connectivity index (χ4v) is 14.0. The molecule has 0 N–H and O–H groups in total. The van der Waals surface area contributed by atoms with Gasteiger partial charge in [-0.15, -0.1) is 0 Å². The van der Waals surface area contributed by atoms with Gasteiger partial charge in [0.25, 0.3) is 0 Å². The second-order valence-electron chi connectivity index (χ2n) is 14.9. The van der Waals surface area contributed by atoms with E-state index in [0.29, 0.717) is 0 Å². The summed E-state index contributed by atoms with van der Waals surface area (Å²) in [5.74, 6) is 0. The van der Waals surface area contributed by atoms with Crippen molar-refractivity contribution in [3.63, 3.8) is 0 Å². The second-order valence-corrected chi connectivity index (χ2v) is 18.7. The Balaban J connectivity index is 1.12. The maximum absolute atomic E-state index is 2.65. The Hall–Kier alpha value is -6.22. The lowest BCUT2D eigenvalue weighted by Crippen LogP contribution is -2.74. The topological polar surface area (TPSA) is 4.93 Å². The van der Waals surface area contributed by atoms with E-state index in [-0.39, 0.29) is 5.41 Å². The minimum absolute atomic E-state index is 0.172. The molecule has 53 heavy (non-hydrogen) atoms. The summed E-state index contributed by atoms with van der Waals surface area (Å²) >= 11 is 0. The third-order valence-corrected chi connectivity index (χ3v) is 16.5. The summed E-state index contributed by atoms with van der Waals surface area (Å²) in [6, 6.07) is 74.8. The van der Waals surface area contributed by atoms with Crippen molar-refractivity contribution in [1.29, 1.82) is 0 Å². The van der Waals surface area contributed by atoms with E-state index in [4.69, 9.17) is 0 Å². The summed E-state index contributed by atoms with van der Waals surface area (Å²) in [6.45, 7) is 4.83.